The second-order valence-corrected chi connectivity index (χ2v) is 5.00. The van der Waals surface area contributed by atoms with E-state index >= 15 is 0 Å². The maximum atomic E-state index is 12.1. The van der Waals surface area contributed by atoms with Gasteiger partial charge in [0.2, 0.25) is 6.41 Å². The van der Waals surface area contributed by atoms with E-state index in [-0.39, 0.29) is 13.4 Å². The zero-order valence-corrected chi connectivity index (χ0v) is 12.3. The molecule has 0 saturated carbocycles. The number of hydrogen-bond acceptors (Lipinski definition) is 4. The standard InChI is InChI=1S/C17H16N2O4/c20-11-19(16-10-22-12-23-16)17(21)18-15-8-6-14(7-9-15)13-4-2-1-3-5-13/h1-9,11,16H,10,12H2,(H,18,21). The molecule has 0 aromatic heterocycles. The van der Waals surface area contributed by atoms with Gasteiger partial charge in [0, 0.05) is 5.69 Å². The summed E-state index contributed by atoms with van der Waals surface area (Å²) in [4.78, 5) is 24.2. The average molecular weight is 312 g/mol. The van der Waals surface area contributed by atoms with Crippen LogP contribution in [0, 0.1) is 0 Å². The number of urea groups is 1. The Hall–Kier alpha value is -2.70. The van der Waals surface area contributed by atoms with Gasteiger partial charge >= 0.3 is 6.03 Å². The fourth-order valence-corrected chi connectivity index (χ4v) is 2.30. The number of imide groups is 1. The summed E-state index contributed by atoms with van der Waals surface area (Å²) in [6.45, 7) is 0.257. The van der Waals surface area contributed by atoms with Crippen molar-refractivity contribution in [1.29, 1.82) is 0 Å². The zero-order chi connectivity index (χ0) is 16.1. The minimum Gasteiger partial charge on any atom is -0.351 e. The molecule has 0 spiro atoms. The summed E-state index contributed by atoms with van der Waals surface area (Å²) >= 11 is 0. The van der Waals surface area contributed by atoms with Crippen LogP contribution in [0.5, 0.6) is 0 Å². The van der Waals surface area contributed by atoms with Gasteiger partial charge in [-0.25, -0.2) is 9.69 Å². The lowest BCUT2D eigenvalue weighted by Crippen LogP contribution is -2.43. The molecular weight excluding hydrogens is 296 g/mol. The first-order valence-corrected chi connectivity index (χ1v) is 7.17. The van der Waals surface area contributed by atoms with Crippen LogP contribution in [0.15, 0.2) is 54.6 Å². The molecule has 1 aliphatic heterocycles. The van der Waals surface area contributed by atoms with Crippen molar-refractivity contribution in [2.75, 3.05) is 18.7 Å². The van der Waals surface area contributed by atoms with Crippen molar-refractivity contribution in [3.8, 4) is 11.1 Å². The summed E-state index contributed by atoms with van der Waals surface area (Å²) in [6.07, 6.45) is -0.247. The van der Waals surface area contributed by atoms with Gasteiger partial charge in [-0.2, -0.15) is 0 Å². The van der Waals surface area contributed by atoms with Crippen molar-refractivity contribution in [2.24, 2.45) is 0 Å². The number of ether oxygens (including phenoxy) is 2. The molecule has 6 nitrogen and oxygen atoms in total. The third-order valence-corrected chi connectivity index (χ3v) is 3.51. The van der Waals surface area contributed by atoms with Gasteiger partial charge in [0.15, 0.2) is 6.23 Å². The normalized spacial score (nSPS) is 16.8. The SMILES string of the molecule is O=CN(C(=O)Nc1ccc(-c2ccccc2)cc1)C1COCO1. The molecule has 0 bridgehead atoms. The van der Waals surface area contributed by atoms with E-state index in [1.165, 1.54) is 0 Å². The highest BCUT2D eigenvalue weighted by Gasteiger charge is 2.28. The largest absolute Gasteiger partial charge is 0.351 e. The van der Waals surface area contributed by atoms with Gasteiger partial charge < -0.3 is 14.8 Å². The molecule has 1 heterocycles. The van der Waals surface area contributed by atoms with Gasteiger partial charge in [0.05, 0.1) is 6.61 Å². The van der Waals surface area contributed by atoms with Crippen LogP contribution in [0.25, 0.3) is 11.1 Å². The molecule has 23 heavy (non-hydrogen) atoms. The lowest BCUT2D eigenvalue weighted by atomic mass is 10.1. The molecule has 6 heteroatoms. The molecule has 118 valence electrons. The first kappa shape index (κ1) is 15.2. The first-order chi connectivity index (χ1) is 11.3. The Kier molecular flexibility index (Phi) is 4.65. The van der Waals surface area contributed by atoms with Gasteiger partial charge in [-0.05, 0) is 23.3 Å². The predicted octanol–water partition coefficient (Wildman–Crippen LogP) is 2.67. The Morgan fingerprint density at radius 2 is 1.78 bits per heavy atom. The second kappa shape index (κ2) is 7.04. The minimum absolute atomic E-state index is 0.0774. The molecule has 0 aliphatic carbocycles. The van der Waals surface area contributed by atoms with Crippen LogP contribution in [-0.2, 0) is 14.3 Å². The van der Waals surface area contributed by atoms with Crippen LogP contribution in [0.2, 0.25) is 0 Å². The van der Waals surface area contributed by atoms with Crippen molar-refractivity contribution < 1.29 is 19.1 Å². The Morgan fingerprint density at radius 3 is 2.39 bits per heavy atom. The number of rotatable bonds is 4. The van der Waals surface area contributed by atoms with Gasteiger partial charge in [-0.15, -0.1) is 0 Å². The first-order valence-electron chi connectivity index (χ1n) is 7.17. The van der Waals surface area contributed by atoms with E-state index in [1.54, 1.807) is 12.1 Å². The van der Waals surface area contributed by atoms with Crippen LogP contribution in [0.3, 0.4) is 0 Å². The number of carbonyl (C=O) groups excluding carboxylic acids is 2. The monoisotopic (exact) mass is 312 g/mol. The Balaban J connectivity index is 1.68. The molecule has 3 amide bonds. The maximum Gasteiger partial charge on any atom is 0.330 e. The number of benzene rings is 2. The molecule has 1 saturated heterocycles. The number of nitrogens with one attached hydrogen (secondary N) is 1. The molecule has 2 aromatic rings. The lowest BCUT2D eigenvalue weighted by Gasteiger charge is -2.20. The van der Waals surface area contributed by atoms with Crippen molar-refractivity contribution in [2.45, 2.75) is 6.23 Å². The number of carbonyl (C=O) groups is 2. The summed E-state index contributed by atoms with van der Waals surface area (Å²) < 4.78 is 10.2. The second-order valence-electron chi connectivity index (χ2n) is 5.00. The van der Waals surface area contributed by atoms with Crippen LogP contribution in [0.4, 0.5) is 10.5 Å². The molecule has 1 unspecified atom stereocenters. The number of nitrogens with zero attached hydrogens (tertiary/aromatic N) is 1. The van der Waals surface area contributed by atoms with Gasteiger partial charge in [-0.1, -0.05) is 42.5 Å². The average Bonchev–Trinajstić information content (AvgIpc) is 3.11. The van der Waals surface area contributed by atoms with E-state index in [4.69, 9.17) is 9.47 Å². The van der Waals surface area contributed by atoms with E-state index in [2.05, 4.69) is 5.32 Å². The minimum atomic E-state index is -0.684. The molecule has 2 aromatic carbocycles. The summed E-state index contributed by atoms with van der Waals surface area (Å²) in [5, 5.41) is 2.67. The van der Waals surface area contributed by atoms with Gasteiger partial charge in [0.1, 0.15) is 6.79 Å². The maximum absolute atomic E-state index is 12.1. The summed E-state index contributed by atoms with van der Waals surface area (Å²) in [6, 6.07) is 16.8. The summed E-state index contributed by atoms with van der Waals surface area (Å²) in [7, 11) is 0. The lowest BCUT2D eigenvalue weighted by molar-refractivity contribution is -0.122. The van der Waals surface area contributed by atoms with Crippen LogP contribution >= 0.6 is 0 Å². The number of amides is 3. The third kappa shape index (κ3) is 3.56. The van der Waals surface area contributed by atoms with E-state index in [9.17, 15) is 9.59 Å². The van der Waals surface area contributed by atoms with E-state index in [0.29, 0.717) is 12.1 Å². The van der Waals surface area contributed by atoms with Crippen LogP contribution in [0.1, 0.15) is 0 Å². The topological polar surface area (TPSA) is 67.9 Å². The Bertz CT molecular complexity index is 667. The number of anilines is 1. The quantitative estimate of drug-likeness (QED) is 0.881. The van der Waals surface area contributed by atoms with Crippen LogP contribution in [-0.4, -0.2) is 37.0 Å². The van der Waals surface area contributed by atoms with Gasteiger partial charge in [0.25, 0.3) is 0 Å². The fourth-order valence-electron chi connectivity index (χ4n) is 2.30. The predicted molar refractivity (Wildman–Crippen MR) is 84.5 cm³/mol. The van der Waals surface area contributed by atoms with E-state index < -0.39 is 12.3 Å². The summed E-state index contributed by atoms with van der Waals surface area (Å²) in [5.41, 5.74) is 2.74. The zero-order valence-electron chi connectivity index (χ0n) is 12.3. The van der Waals surface area contributed by atoms with Gasteiger partial charge in [-0.3, -0.25) is 4.79 Å². The highest BCUT2D eigenvalue weighted by Crippen LogP contribution is 2.21. The molecule has 1 atom stereocenters. The molecule has 1 fully saturated rings. The molecule has 1 aliphatic rings. The van der Waals surface area contributed by atoms with Crippen molar-refractivity contribution in [1.82, 2.24) is 4.90 Å². The number of hydrogen-bond donors (Lipinski definition) is 1. The summed E-state index contributed by atoms with van der Waals surface area (Å²) in [5.74, 6) is 0. The molecular formula is C17H16N2O4. The van der Waals surface area contributed by atoms with E-state index in [1.807, 2.05) is 42.5 Å². The van der Waals surface area contributed by atoms with Crippen LogP contribution < -0.4 is 5.32 Å². The highest BCUT2D eigenvalue weighted by molar-refractivity contribution is 5.95. The Labute approximate surface area is 133 Å². The Morgan fingerprint density at radius 1 is 1.09 bits per heavy atom. The third-order valence-electron chi connectivity index (χ3n) is 3.51. The highest BCUT2D eigenvalue weighted by atomic mass is 16.7. The van der Waals surface area contributed by atoms with Crippen molar-refractivity contribution in [3.05, 3.63) is 54.6 Å². The molecule has 3 rings (SSSR count). The molecule has 1 N–H and O–H groups in total. The van der Waals surface area contributed by atoms with E-state index in [0.717, 1.165) is 16.0 Å². The molecule has 0 radical (unpaired) electrons. The fraction of sp³-hybridized carbons (Fsp3) is 0.176. The van der Waals surface area contributed by atoms with Crippen molar-refractivity contribution >= 4 is 18.1 Å². The van der Waals surface area contributed by atoms with Crippen molar-refractivity contribution in [3.63, 3.8) is 0 Å². The smallest absolute Gasteiger partial charge is 0.330 e.